The van der Waals surface area contributed by atoms with E-state index >= 15 is 0 Å². The molecule has 0 aliphatic rings. The van der Waals surface area contributed by atoms with E-state index in [9.17, 15) is 4.39 Å². The summed E-state index contributed by atoms with van der Waals surface area (Å²) in [7, 11) is 0. The predicted molar refractivity (Wildman–Crippen MR) is 69.1 cm³/mol. The summed E-state index contributed by atoms with van der Waals surface area (Å²) in [6.07, 6.45) is 1.84. The molecule has 96 valence electrons. The van der Waals surface area contributed by atoms with Gasteiger partial charge in [-0.15, -0.1) is 5.10 Å². The molecule has 6 heteroatoms. The number of aromatic amines is 1. The van der Waals surface area contributed by atoms with Crippen LogP contribution in [0.25, 0.3) is 0 Å². The van der Waals surface area contributed by atoms with E-state index in [0.29, 0.717) is 16.5 Å². The van der Waals surface area contributed by atoms with E-state index in [-0.39, 0.29) is 12.4 Å². The Morgan fingerprint density at radius 3 is 3.00 bits per heavy atom. The molecule has 0 atom stereocenters. The van der Waals surface area contributed by atoms with E-state index in [1.54, 1.807) is 12.1 Å². The number of hydrogen-bond donors (Lipinski definition) is 2. The summed E-state index contributed by atoms with van der Waals surface area (Å²) in [5.74, 6) is 0.941. The van der Waals surface area contributed by atoms with E-state index in [4.69, 9.17) is 11.6 Å². The second-order valence-electron chi connectivity index (χ2n) is 3.91. The zero-order valence-corrected chi connectivity index (χ0v) is 10.8. The fraction of sp³-hybridized carbons (Fsp3) is 0.333. The third kappa shape index (κ3) is 2.98. The molecule has 0 aliphatic heterocycles. The number of benzene rings is 1. The molecule has 2 rings (SSSR count). The van der Waals surface area contributed by atoms with Gasteiger partial charge in [-0.05, 0) is 18.6 Å². The van der Waals surface area contributed by atoms with Gasteiger partial charge in [0.1, 0.15) is 11.6 Å². The van der Waals surface area contributed by atoms with Crippen LogP contribution in [-0.2, 0) is 13.0 Å². The molecule has 0 unspecified atom stereocenters. The van der Waals surface area contributed by atoms with Crippen LogP contribution in [0.3, 0.4) is 0 Å². The molecule has 0 fully saturated rings. The van der Waals surface area contributed by atoms with Crippen LogP contribution in [0, 0.1) is 5.82 Å². The molecule has 0 bridgehead atoms. The second-order valence-corrected chi connectivity index (χ2v) is 4.32. The van der Waals surface area contributed by atoms with Gasteiger partial charge in [0, 0.05) is 23.6 Å². The van der Waals surface area contributed by atoms with Gasteiger partial charge >= 0.3 is 0 Å². The number of rotatable bonds is 5. The van der Waals surface area contributed by atoms with E-state index in [1.165, 1.54) is 6.07 Å². The van der Waals surface area contributed by atoms with Crippen molar-refractivity contribution in [3.05, 3.63) is 40.4 Å². The van der Waals surface area contributed by atoms with Crippen molar-refractivity contribution in [2.45, 2.75) is 26.3 Å². The third-order valence-corrected chi connectivity index (χ3v) is 2.86. The van der Waals surface area contributed by atoms with E-state index < -0.39 is 0 Å². The highest BCUT2D eigenvalue weighted by molar-refractivity contribution is 6.31. The number of nitrogens with zero attached hydrogens (tertiary/aromatic N) is 2. The fourth-order valence-electron chi connectivity index (χ4n) is 1.59. The molecule has 0 radical (unpaired) electrons. The van der Waals surface area contributed by atoms with Crippen LogP contribution in [0.5, 0.6) is 0 Å². The Balaban J connectivity index is 2.02. The number of halogens is 2. The molecule has 0 spiro atoms. The molecule has 1 aromatic heterocycles. The number of aromatic nitrogens is 3. The van der Waals surface area contributed by atoms with Crippen molar-refractivity contribution >= 4 is 17.5 Å². The van der Waals surface area contributed by atoms with Crippen LogP contribution in [0.2, 0.25) is 5.02 Å². The summed E-state index contributed by atoms with van der Waals surface area (Å²) in [6.45, 7) is 2.32. The van der Waals surface area contributed by atoms with Crippen LogP contribution in [0.1, 0.15) is 24.7 Å². The molecule has 4 nitrogen and oxygen atoms in total. The van der Waals surface area contributed by atoms with Gasteiger partial charge in [-0.25, -0.2) is 4.39 Å². The standard InChI is InChI=1S/C12H14ClFN4/c1-2-4-11-16-12(18-17-11)15-7-8-9(13)5-3-6-10(8)14/h3,5-6H,2,4,7H2,1H3,(H2,15,16,17,18). The first kappa shape index (κ1) is 12.8. The van der Waals surface area contributed by atoms with Gasteiger partial charge in [0.05, 0.1) is 0 Å². The highest BCUT2D eigenvalue weighted by Crippen LogP contribution is 2.19. The molecule has 0 saturated carbocycles. The van der Waals surface area contributed by atoms with Crippen LogP contribution >= 0.6 is 11.6 Å². The van der Waals surface area contributed by atoms with Crippen molar-refractivity contribution < 1.29 is 4.39 Å². The largest absolute Gasteiger partial charge is 0.349 e. The lowest BCUT2D eigenvalue weighted by atomic mass is 10.2. The van der Waals surface area contributed by atoms with E-state index in [1.807, 2.05) is 0 Å². The van der Waals surface area contributed by atoms with Crippen molar-refractivity contribution in [2.75, 3.05) is 5.32 Å². The third-order valence-electron chi connectivity index (χ3n) is 2.50. The Kier molecular flexibility index (Phi) is 4.15. The minimum absolute atomic E-state index is 0.259. The first-order chi connectivity index (χ1) is 8.70. The van der Waals surface area contributed by atoms with Gasteiger partial charge in [-0.3, -0.25) is 5.10 Å². The van der Waals surface area contributed by atoms with Crippen LogP contribution in [0.4, 0.5) is 10.3 Å². The van der Waals surface area contributed by atoms with Gasteiger partial charge in [0.25, 0.3) is 0 Å². The molecule has 0 aliphatic carbocycles. The maximum absolute atomic E-state index is 13.5. The van der Waals surface area contributed by atoms with E-state index in [2.05, 4.69) is 27.4 Å². The summed E-state index contributed by atoms with van der Waals surface area (Å²) >= 11 is 5.92. The Morgan fingerprint density at radius 1 is 1.44 bits per heavy atom. The van der Waals surface area contributed by atoms with Crippen molar-refractivity contribution in [2.24, 2.45) is 0 Å². The number of aryl methyl sites for hydroxylation is 1. The van der Waals surface area contributed by atoms with Crippen LogP contribution in [0.15, 0.2) is 18.2 Å². The summed E-state index contributed by atoms with van der Waals surface area (Å²) in [5.41, 5.74) is 0.418. The monoisotopic (exact) mass is 268 g/mol. The first-order valence-corrected chi connectivity index (χ1v) is 6.16. The van der Waals surface area contributed by atoms with Gasteiger partial charge in [0.2, 0.25) is 5.95 Å². The Labute approximate surface area is 110 Å². The zero-order valence-electron chi connectivity index (χ0n) is 10.0. The fourth-order valence-corrected chi connectivity index (χ4v) is 1.82. The maximum Gasteiger partial charge on any atom is 0.242 e. The van der Waals surface area contributed by atoms with Crippen molar-refractivity contribution in [3.8, 4) is 0 Å². The van der Waals surface area contributed by atoms with Crippen LogP contribution < -0.4 is 5.32 Å². The van der Waals surface area contributed by atoms with Gasteiger partial charge < -0.3 is 5.32 Å². The van der Waals surface area contributed by atoms with Crippen molar-refractivity contribution in [1.29, 1.82) is 0 Å². The van der Waals surface area contributed by atoms with Gasteiger partial charge in [-0.1, -0.05) is 24.6 Å². The lowest BCUT2D eigenvalue weighted by molar-refractivity contribution is 0.613. The molecular formula is C12H14ClFN4. The second kappa shape index (κ2) is 5.82. The Hall–Kier alpha value is -1.62. The lowest BCUT2D eigenvalue weighted by Gasteiger charge is -2.05. The lowest BCUT2D eigenvalue weighted by Crippen LogP contribution is -2.04. The summed E-state index contributed by atoms with van der Waals surface area (Å²) in [6, 6.07) is 4.61. The average Bonchev–Trinajstić information content (AvgIpc) is 2.77. The zero-order chi connectivity index (χ0) is 13.0. The van der Waals surface area contributed by atoms with E-state index in [0.717, 1.165) is 18.7 Å². The Morgan fingerprint density at radius 2 is 2.28 bits per heavy atom. The molecule has 1 heterocycles. The molecule has 2 aromatic rings. The molecule has 0 saturated heterocycles. The highest BCUT2D eigenvalue weighted by atomic mass is 35.5. The number of nitrogens with one attached hydrogen (secondary N) is 2. The van der Waals surface area contributed by atoms with Crippen molar-refractivity contribution in [1.82, 2.24) is 15.2 Å². The van der Waals surface area contributed by atoms with Gasteiger partial charge in [-0.2, -0.15) is 4.98 Å². The maximum atomic E-state index is 13.5. The minimum Gasteiger partial charge on any atom is -0.349 e. The minimum atomic E-state index is -0.334. The molecule has 1 aromatic carbocycles. The first-order valence-electron chi connectivity index (χ1n) is 5.78. The number of H-pyrrole nitrogens is 1. The molecule has 18 heavy (non-hydrogen) atoms. The highest BCUT2D eigenvalue weighted by Gasteiger charge is 2.08. The van der Waals surface area contributed by atoms with Gasteiger partial charge in [0.15, 0.2) is 0 Å². The molecule has 0 amide bonds. The number of hydrogen-bond acceptors (Lipinski definition) is 3. The number of anilines is 1. The smallest absolute Gasteiger partial charge is 0.242 e. The quantitative estimate of drug-likeness (QED) is 0.876. The molecule has 2 N–H and O–H groups in total. The average molecular weight is 269 g/mol. The summed E-state index contributed by atoms with van der Waals surface area (Å²) < 4.78 is 13.5. The SMILES string of the molecule is CCCc1nc(NCc2c(F)cccc2Cl)n[nH]1. The van der Waals surface area contributed by atoms with Crippen molar-refractivity contribution in [3.63, 3.8) is 0 Å². The van der Waals surface area contributed by atoms with Crippen LogP contribution in [-0.4, -0.2) is 15.2 Å². The topological polar surface area (TPSA) is 53.6 Å². The normalized spacial score (nSPS) is 10.6. The Bertz CT molecular complexity index is 506. The molecular weight excluding hydrogens is 255 g/mol. The summed E-state index contributed by atoms with van der Waals surface area (Å²) in [5, 5.41) is 10.2. The summed E-state index contributed by atoms with van der Waals surface area (Å²) in [4.78, 5) is 4.23. The predicted octanol–water partition coefficient (Wildman–Crippen LogP) is 3.16.